The summed E-state index contributed by atoms with van der Waals surface area (Å²) in [7, 11) is 1.66. The Bertz CT molecular complexity index is 506. The van der Waals surface area contributed by atoms with Crippen molar-refractivity contribution in [3.05, 3.63) is 24.3 Å². The zero-order valence-electron chi connectivity index (χ0n) is 14.7. The standard InChI is InChI=1S/C18H29N3O3/c1-3-4-5-10-17(22)20-15-8-6-9-16(13-15)21-18(23)14-19-11-7-12-24-2/h6,8-9,13,19H,3-5,7,10-12,14H2,1-2H3,(H,20,22)(H,21,23). The largest absolute Gasteiger partial charge is 0.385 e. The summed E-state index contributed by atoms with van der Waals surface area (Å²) in [5, 5.41) is 8.73. The highest BCUT2D eigenvalue weighted by Crippen LogP contribution is 2.15. The van der Waals surface area contributed by atoms with Crippen molar-refractivity contribution in [3.8, 4) is 0 Å². The maximum atomic E-state index is 11.9. The van der Waals surface area contributed by atoms with E-state index in [1.807, 2.05) is 12.1 Å². The molecule has 0 aliphatic carbocycles. The summed E-state index contributed by atoms with van der Waals surface area (Å²) in [6, 6.07) is 7.19. The first-order valence-corrected chi connectivity index (χ1v) is 8.55. The molecule has 1 aromatic carbocycles. The Labute approximate surface area is 144 Å². The molecule has 0 heterocycles. The number of nitrogens with one attached hydrogen (secondary N) is 3. The van der Waals surface area contributed by atoms with E-state index in [9.17, 15) is 9.59 Å². The molecule has 134 valence electrons. The van der Waals surface area contributed by atoms with Crippen LogP contribution in [0.25, 0.3) is 0 Å². The smallest absolute Gasteiger partial charge is 0.238 e. The van der Waals surface area contributed by atoms with E-state index in [1.54, 1.807) is 19.2 Å². The Kier molecular flexibility index (Phi) is 10.5. The third-order valence-electron chi connectivity index (χ3n) is 3.43. The number of anilines is 2. The average molecular weight is 335 g/mol. The SMILES string of the molecule is CCCCCC(=O)Nc1cccc(NC(=O)CNCCCOC)c1. The second kappa shape index (κ2) is 12.5. The molecule has 2 amide bonds. The minimum absolute atomic E-state index is 0.00624. The van der Waals surface area contributed by atoms with Crippen molar-refractivity contribution in [2.45, 2.75) is 39.0 Å². The highest BCUT2D eigenvalue weighted by Gasteiger charge is 2.05. The van der Waals surface area contributed by atoms with Crippen LogP contribution in [-0.4, -0.2) is 38.6 Å². The van der Waals surface area contributed by atoms with E-state index in [-0.39, 0.29) is 18.4 Å². The summed E-state index contributed by atoms with van der Waals surface area (Å²) in [6.07, 6.45) is 4.43. The van der Waals surface area contributed by atoms with Gasteiger partial charge in [0.15, 0.2) is 0 Å². The first-order chi connectivity index (χ1) is 11.7. The van der Waals surface area contributed by atoms with Gasteiger partial charge in [0.1, 0.15) is 0 Å². The summed E-state index contributed by atoms with van der Waals surface area (Å²) in [4.78, 5) is 23.7. The van der Waals surface area contributed by atoms with Crippen LogP contribution in [-0.2, 0) is 14.3 Å². The molecule has 0 atom stereocenters. The number of carbonyl (C=O) groups is 2. The van der Waals surface area contributed by atoms with Gasteiger partial charge in [0.05, 0.1) is 6.54 Å². The van der Waals surface area contributed by atoms with Crippen LogP contribution in [0.15, 0.2) is 24.3 Å². The van der Waals surface area contributed by atoms with Crippen LogP contribution in [0, 0.1) is 0 Å². The Balaban J connectivity index is 2.36. The van der Waals surface area contributed by atoms with Crippen molar-refractivity contribution in [2.24, 2.45) is 0 Å². The van der Waals surface area contributed by atoms with Crippen LogP contribution < -0.4 is 16.0 Å². The first kappa shape index (κ1) is 20.1. The summed E-state index contributed by atoms with van der Waals surface area (Å²) in [5.41, 5.74) is 1.37. The fourth-order valence-corrected chi connectivity index (χ4v) is 2.18. The Morgan fingerprint density at radius 3 is 2.42 bits per heavy atom. The summed E-state index contributed by atoms with van der Waals surface area (Å²) >= 11 is 0. The molecule has 1 rings (SSSR count). The van der Waals surface area contributed by atoms with Gasteiger partial charge in [0, 0.05) is 31.5 Å². The van der Waals surface area contributed by atoms with E-state index < -0.39 is 0 Å². The molecule has 0 unspecified atom stereocenters. The zero-order chi connectivity index (χ0) is 17.6. The van der Waals surface area contributed by atoms with E-state index in [2.05, 4.69) is 22.9 Å². The van der Waals surface area contributed by atoms with Crippen molar-refractivity contribution in [1.29, 1.82) is 0 Å². The molecule has 1 aromatic rings. The van der Waals surface area contributed by atoms with Gasteiger partial charge in [-0.25, -0.2) is 0 Å². The second-order valence-electron chi connectivity index (χ2n) is 5.66. The van der Waals surface area contributed by atoms with Gasteiger partial charge in [-0.2, -0.15) is 0 Å². The monoisotopic (exact) mass is 335 g/mol. The highest BCUT2D eigenvalue weighted by atomic mass is 16.5. The van der Waals surface area contributed by atoms with Gasteiger partial charge < -0.3 is 20.7 Å². The van der Waals surface area contributed by atoms with Gasteiger partial charge >= 0.3 is 0 Å². The third kappa shape index (κ3) is 9.27. The topological polar surface area (TPSA) is 79.5 Å². The molecule has 3 N–H and O–H groups in total. The maximum absolute atomic E-state index is 11.9. The van der Waals surface area contributed by atoms with E-state index in [1.165, 1.54) is 0 Å². The van der Waals surface area contributed by atoms with E-state index >= 15 is 0 Å². The molecule has 0 aromatic heterocycles. The zero-order valence-corrected chi connectivity index (χ0v) is 14.7. The number of rotatable bonds is 12. The quantitative estimate of drug-likeness (QED) is 0.513. The van der Waals surface area contributed by atoms with Crippen LogP contribution in [0.5, 0.6) is 0 Å². The minimum atomic E-state index is -0.112. The lowest BCUT2D eigenvalue weighted by molar-refractivity contribution is -0.116. The van der Waals surface area contributed by atoms with Crippen molar-refractivity contribution < 1.29 is 14.3 Å². The molecule has 0 bridgehead atoms. The number of ether oxygens (including phenoxy) is 1. The lowest BCUT2D eigenvalue weighted by atomic mass is 10.2. The molecule has 0 aliphatic rings. The Morgan fingerprint density at radius 2 is 1.75 bits per heavy atom. The molecule has 0 spiro atoms. The van der Waals surface area contributed by atoms with Crippen LogP contribution >= 0.6 is 0 Å². The molecule has 6 heteroatoms. The molecule has 6 nitrogen and oxygen atoms in total. The lowest BCUT2D eigenvalue weighted by Crippen LogP contribution is -2.29. The van der Waals surface area contributed by atoms with Crippen LogP contribution in [0.3, 0.4) is 0 Å². The van der Waals surface area contributed by atoms with Gasteiger partial charge in [-0.1, -0.05) is 25.8 Å². The number of unbranched alkanes of at least 4 members (excludes halogenated alkanes) is 2. The fraction of sp³-hybridized carbons (Fsp3) is 0.556. The maximum Gasteiger partial charge on any atom is 0.238 e. The van der Waals surface area contributed by atoms with Crippen molar-refractivity contribution in [3.63, 3.8) is 0 Å². The fourth-order valence-electron chi connectivity index (χ4n) is 2.18. The number of methoxy groups -OCH3 is 1. The highest BCUT2D eigenvalue weighted by molar-refractivity contribution is 5.94. The van der Waals surface area contributed by atoms with Crippen LogP contribution in [0.4, 0.5) is 11.4 Å². The predicted octanol–water partition coefficient (Wildman–Crippen LogP) is 2.77. The number of hydrogen-bond donors (Lipinski definition) is 3. The first-order valence-electron chi connectivity index (χ1n) is 8.55. The molecular weight excluding hydrogens is 306 g/mol. The van der Waals surface area contributed by atoms with E-state index in [0.29, 0.717) is 24.4 Å². The number of benzene rings is 1. The summed E-state index contributed by atoms with van der Waals surface area (Å²) in [5.74, 6) is -0.106. The predicted molar refractivity (Wildman–Crippen MR) is 97.2 cm³/mol. The average Bonchev–Trinajstić information content (AvgIpc) is 2.55. The normalized spacial score (nSPS) is 10.4. The number of hydrogen-bond acceptors (Lipinski definition) is 4. The lowest BCUT2D eigenvalue weighted by Gasteiger charge is -2.09. The molecule has 0 saturated carbocycles. The van der Waals surface area contributed by atoms with Gasteiger partial charge in [0.2, 0.25) is 11.8 Å². The number of carbonyl (C=O) groups excluding carboxylic acids is 2. The van der Waals surface area contributed by atoms with Crippen molar-refractivity contribution in [1.82, 2.24) is 5.32 Å². The van der Waals surface area contributed by atoms with E-state index in [0.717, 1.165) is 32.2 Å². The second-order valence-corrected chi connectivity index (χ2v) is 5.66. The molecular formula is C18H29N3O3. The summed E-state index contributed by atoms with van der Waals surface area (Å²) < 4.78 is 4.95. The molecule has 0 radical (unpaired) electrons. The Hall–Kier alpha value is -1.92. The Morgan fingerprint density at radius 1 is 1.04 bits per heavy atom. The molecule has 24 heavy (non-hydrogen) atoms. The van der Waals surface area contributed by atoms with Gasteiger partial charge in [-0.05, 0) is 37.6 Å². The summed E-state index contributed by atoms with van der Waals surface area (Å²) in [6.45, 7) is 3.76. The minimum Gasteiger partial charge on any atom is -0.385 e. The van der Waals surface area contributed by atoms with Crippen molar-refractivity contribution >= 4 is 23.2 Å². The van der Waals surface area contributed by atoms with Gasteiger partial charge in [-0.3, -0.25) is 9.59 Å². The van der Waals surface area contributed by atoms with Crippen LogP contribution in [0.1, 0.15) is 39.0 Å². The van der Waals surface area contributed by atoms with E-state index in [4.69, 9.17) is 4.74 Å². The molecule has 0 fully saturated rings. The number of amides is 2. The van der Waals surface area contributed by atoms with Crippen molar-refractivity contribution in [2.75, 3.05) is 37.4 Å². The van der Waals surface area contributed by atoms with Gasteiger partial charge in [-0.15, -0.1) is 0 Å². The molecule has 0 aliphatic heterocycles. The van der Waals surface area contributed by atoms with Crippen LogP contribution in [0.2, 0.25) is 0 Å². The van der Waals surface area contributed by atoms with Gasteiger partial charge in [0.25, 0.3) is 0 Å². The molecule has 0 saturated heterocycles. The third-order valence-corrected chi connectivity index (χ3v) is 3.43.